The van der Waals surface area contributed by atoms with Gasteiger partial charge in [0.1, 0.15) is 5.75 Å². The Balaban J connectivity index is 2.71. The lowest BCUT2D eigenvalue weighted by molar-refractivity contribution is -0.157. The Bertz CT molecular complexity index is 453. The Morgan fingerprint density at radius 3 is 2.47 bits per heavy atom. The number of ether oxygens (including phenoxy) is 2. The molecule has 0 aromatic heterocycles. The van der Waals surface area contributed by atoms with Crippen LogP contribution in [0.4, 0.5) is 0 Å². The van der Waals surface area contributed by atoms with Crippen LogP contribution in [0.1, 0.15) is 30.6 Å². The molecule has 0 heterocycles. The molecule has 1 rings (SSSR count). The van der Waals surface area contributed by atoms with E-state index in [9.17, 15) is 14.7 Å². The summed E-state index contributed by atoms with van der Waals surface area (Å²) in [5.41, 5.74) is 0.335. The molecule has 0 saturated heterocycles. The van der Waals surface area contributed by atoms with E-state index in [-0.39, 0.29) is 18.3 Å². The van der Waals surface area contributed by atoms with Gasteiger partial charge in [-0.15, -0.1) is 0 Å². The van der Waals surface area contributed by atoms with Crippen LogP contribution in [0.2, 0.25) is 0 Å². The van der Waals surface area contributed by atoms with Crippen molar-refractivity contribution in [3.63, 3.8) is 0 Å². The largest absolute Gasteiger partial charge is 0.496 e. The molecule has 0 saturated carbocycles. The summed E-state index contributed by atoms with van der Waals surface area (Å²) in [5, 5.41) is 9.63. The number of benzene rings is 1. The zero-order valence-electron chi connectivity index (χ0n) is 11.3. The van der Waals surface area contributed by atoms with Crippen molar-refractivity contribution in [3.05, 3.63) is 29.8 Å². The molecule has 0 fully saturated rings. The molecular weight excluding hydrogens is 248 g/mol. The summed E-state index contributed by atoms with van der Waals surface area (Å²) >= 11 is 0. The molecule has 5 nitrogen and oxygen atoms in total. The lowest BCUT2D eigenvalue weighted by Gasteiger charge is -2.13. The highest BCUT2D eigenvalue weighted by atomic mass is 16.6. The van der Waals surface area contributed by atoms with Crippen LogP contribution in [0.5, 0.6) is 5.75 Å². The van der Waals surface area contributed by atoms with E-state index in [0.717, 1.165) is 0 Å². The fourth-order valence-corrected chi connectivity index (χ4v) is 1.55. The van der Waals surface area contributed by atoms with Gasteiger partial charge in [0, 0.05) is 6.42 Å². The first-order valence-electron chi connectivity index (χ1n) is 6.00. The van der Waals surface area contributed by atoms with Crippen molar-refractivity contribution in [2.75, 3.05) is 7.11 Å². The van der Waals surface area contributed by atoms with E-state index in [1.807, 2.05) is 0 Å². The number of carbonyl (C=O) groups is 2. The second-order valence-electron chi connectivity index (χ2n) is 4.33. The Labute approximate surface area is 112 Å². The number of ketones is 1. The van der Waals surface area contributed by atoms with Crippen LogP contribution in [0, 0.1) is 0 Å². The topological polar surface area (TPSA) is 72.8 Å². The zero-order chi connectivity index (χ0) is 14.4. The van der Waals surface area contributed by atoms with Crippen LogP contribution in [0.3, 0.4) is 0 Å². The van der Waals surface area contributed by atoms with Gasteiger partial charge in [-0.25, -0.2) is 4.79 Å². The monoisotopic (exact) mass is 266 g/mol. The second kappa shape index (κ2) is 6.89. The minimum Gasteiger partial charge on any atom is -0.496 e. The first-order valence-corrected chi connectivity index (χ1v) is 6.00. The minimum absolute atomic E-state index is 0.327. The maximum atomic E-state index is 12.0. The average Bonchev–Trinajstić information content (AvgIpc) is 2.37. The number of esters is 1. The van der Waals surface area contributed by atoms with Crippen molar-refractivity contribution in [2.24, 2.45) is 0 Å². The molecule has 0 spiro atoms. The smallest absolute Gasteiger partial charge is 0.335 e. The predicted molar refractivity (Wildman–Crippen MR) is 69.2 cm³/mol. The summed E-state index contributed by atoms with van der Waals surface area (Å²) in [5.74, 6) is -0.749. The summed E-state index contributed by atoms with van der Waals surface area (Å²) < 4.78 is 9.89. The number of hydrogen-bond acceptors (Lipinski definition) is 5. The van der Waals surface area contributed by atoms with Crippen LogP contribution >= 0.6 is 0 Å². The van der Waals surface area contributed by atoms with Crippen LogP contribution < -0.4 is 4.74 Å². The molecule has 0 aliphatic rings. The van der Waals surface area contributed by atoms with E-state index in [1.54, 1.807) is 38.1 Å². The Hall–Kier alpha value is -1.88. The predicted octanol–water partition coefficient (Wildman–Crippen LogP) is 1.58. The van der Waals surface area contributed by atoms with Gasteiger partial charge in [0.05, 0.1) is 18.8 Å². The number of carbonyl (C=O) groups excluding carboxylic acids is 2. The van der Waals surface area contributed by atoms with Crippen molar-refractivity contribution < 1.29 is 24.2 Å². The summed E-state index contributed by atoms with van der Waals surface area (Å²) in [7, 11) is 1.45. The number of Topliss-reactive ketones (excluding diaryl/α,β-unsaturated/α-hetero) is 1. The van der Waals surface area contributed by atoms with Crippen molar-refractivity contribution >= 4 is 11.8 Å². The summed E-state index contributed by atoms with van der Waals surface area (Å²) in [6, 6.07) is 6.65. The molecule has 1 aromatic carbocycles. The van der Waals surface area contributed by atoms with Crippen LogP contribution in [0.25, 0.3) is 0 Å². The first-order chi connectivity index (χ1) is 8.95. The third-order valence-corrected chi connectivity index (χ3v) is 2.41. The number of aliphatic hydroxyl groups is 1. The molecule has 0 bridgehead atoms. The van der Waals surface area contributed by atoms with Crippen molar-refractivity contribution in [3.8, 4) is 5.75 Å². The van der Waals surface area contributed by atoms with Gasteiger partial charge >= 0.3 is 5.97 Å². The molecular formula is C14H18O5. The van der Waals surface area contributed by atoms with E-state index in [2.05, 4.69) is 0 Å². The summed E-state index contributed by atoms with van der Waals surface area (Å²) in [6.45, 7) is 3.35. The normalized spacial score (nSPS) is 12.1. The van der Waals surface area contributed by atoms with Gasteiger partial charge in [-0.3, -0.25) is 4.79 Å². The standard InChI is InChI=1S/C14H18O5/c1-9(2)19-14(17)12(16)8-11(15)10-6-4-5-7-13(10)18-3/h4-7,9,12,16H,8H2,1-3H3/t12-/m1/s1. The van der Waals surface area contributed by atoms with E-state index in [1.165, 1.54) is 7.11 Å². The fraction of sp³-hybridized carbons (Fsp3) is 0.429. The zero-order valence-corrected chi connectivity index (χ0v) is 11.3. The molecule has 0 radical (unpaired) electrons. The van der Waals surface area contributed by atoms with Crippen molar-refractivity contribution in [2.45, 2.75) is 32.5 Å². The van der Waals surface area contributed by atoms with Gasteiger partial charge in [0.15, 0.2) is 11.9 Å². The Morgan fingerprint density at radius 1 is 1.26 bits per heavy atom. The SMILES string of the molecule is COc1ccccc1C(=O)C[C@@H](O)C(=O)OC(C)C. The van der Waals surface area contributed by atoms with Gasteiger partial charge in [-0.1, -0.05) is 12.1 Å². The quantitative estimate of drug-likeness (QED) is 0.625. The summed E-state index contributed by atoms with van der Waals surface area (Å²) in [4.78, 5) is 23.4. The molecule has 104 valence electrons. The number of para-hydroxylation sites is 1. The highest BCUT2D eigenvalue weighted by molar-refractivity contribution is 6.00. The molecule has 0 unspecified atom stereocenters. The number of aliphatic hydroxyl groups excluding tert-OH is 1. The number of rotatable bonds is 6. The summed E-state index contributed by atoms with van der Waals surface area (Å²) in [6.07, 6.45) is -2.12. The Kier molecular flexibility index (Phi) is 5.51. The minimum atomic E-state index is -1.46. The van der Waals surface area contributed by atoms with Crippen LogP contribution in [0.15, 0.2) is 24.3 Å². The first kappa shape index (κ1) is 15.2. The Morgan fingerprint density at radius 2 is 1.89 bits per heavy atom. The van der Waals surface area contributed by atoms with Gasteiger partial charge in [-0.2, -0.15) is 0 Å². The van der Waals surface area contributed by atoms with Crippen molar-refractivity contribution in [1.82, 2.24) is 0 Å². The van der Waals surface area contributed by atoms with Crippen molar-refractivity contribution in [1.29, 1.82) is 0 Å². The molecule has 0 aliphatic carbocycles. The third-order valence-electron chi connectivity index (χ3n) is 2.41. The molecule has 5 heteroatoms. The van der Waals surface area contributed by atoms with E-state index < -0.39 is 12.1 Å². The van der Waals surface area contributed by atoms with Gasteiger partial charge in [-0.05, 0) is 26.0 Å². The van der Waals surface area contributed by atoms with E-state index in [4.69, 9.17) is 9.47 Å². The molecule has 1 atom stereocenters. The maximum Gasteiger partial charge on any atom is 0.335 e. The third kappa shape index (κ3) is 4.37. The maximum absolute atomic E-state index is 12.0. The highest BCUT2D eigenvalue weighted by Crippen LogP contribution is 2.19. The fourth-order valence-electron chi connectivity index (χ4n) is 1.55. The van der Waals surface area contributed by atoms with Crippen LogP contribution in [-0.2, 0) is 9.53 Å². The molecule has 0 aliphatic heterocycles. The molecule has 0 amide bonds. The van der Waals surface area contributed by atoms with E-state index in [0.29, 0.717) is 11.3 Å². The van der Waals surface area contributed by atoms with Gasteiger partial charge in [0.2, 0.25) is 0 Å². The number of hydrogen-bond donors (Lipinski definition) is 1. The second-order valence-corrected chi connectivity index (χ2v) is 4.33. The highest BCUT2D eigenvalue weighted by Gasteiger charge is 2.23. The number of methoxy groups -OCH3 is 1. The lowest BCUT2D eigenvalue weighted by Crippen LogP contribution is -2.28. The lowest BCUT2D eigenvalue weighted by atomic mass is 10.0. The molecule has 1 aromatic rings. The average molecular weight is 266 g/mol. The molecule has 1 N–H and O–H groups in total. The van der Waals surface area contributed by atoms with Gasteiger partial charge in [0.25, 0.3) is 0 Å². The molecule has 19 heavy (non-hydrogen) atoms. The van der Waals surface area contributed by atoms with E-state index >= 15 is 0 Å². The van der Waals surface area contributed by atoms with Crippen LogP contribution in [-0.4, -0.2) is 36.2 Å². The van der Waals surface area contributed by atoms with Gasteiger partial charge < -0.3 is 14.6 Å².